The summed E-state index contributed by atoms with van der Waals surface area (Å²) in [6, 6.07) is 9.54. The Morgan fingerprint density at radius 2 is 1.90 bits per heavy atom. The molecule has 3 aromatic rings. The van der Waals surface area contributed by atoms with Crippen LogP contribution in [-0.2, 0) is 6.18 Å². The van der Waals surface area contributed by atoms with Crippen LogP contribution in [0.15, 0.2) is 48.0 Å². The predicted molar refractivity (Wildman–Crippen MR) is 75.1 cm³/mol. The fourth-order valence-corrected chi connectivity index (χ4v) is 3.06. The Hall–Kier alpha value is -1.92. The van der Waals surface area contributed by atoms with Crippen molar-refractivity contribution in [3.63, 3.8) is 0 Å². The number of hydrogen-bond acceptors (Lipinski definition) is 3. The van der Waals surface area contributed by atoms with E-state index in [0.29, 0.717) is 5.56 Å². The molecular formula is C15H10F3NOS. The molecule has 1 unspecified atom stereocenters. The number of pyridine rings is 1. The van der Waals surface area contributed by atoms with Gasteiger partial charge in [-0.15, -0.1) is 11.3 Å². The summed E-state index contributed by atoms with van der Waals surface area (Å²) in [5.41, 5.74) is 0.0199. The van der Waals surface area contributed by atoms with E-state index in [1.165, 1.54) is 17.4 Å². The molecule has 6 heteroatoms. The number of halogens is 3. The molecule has 0 amide bonds. The molecule has 0 bridgehead atoms. The van der Waals surface area contributed by atoms with Gasteiger partial charge in [-0.3, -0.25) is 4.98 Å². The lowest BCUT2D eigenvalue weighted by Crippen LogP contribution is -2.08. The number of aliphatic hydroxyl groups excluding tert-OH is 1. The highest BCUT2D eigenvalue weighted by molar-refractivity contribution is 7.17. The van der Waals surface area contributed by atoms with Gasteiger partial charge in [-0.05, 0) is 29.0 Å². The summed E-state index contributed by atoms with van der Waals surface area (Å²) in [6.07, 6.45) is -4.73. The minimum absolute atomic E-state index is 0.198. The van der Waals surface area contributed by atoms with Gasteiger partial charge in [-0.25, -0.2) is 0 Å². The van der Waals surface area contributed by atoms with Crippen molar-refractivity contribution >= 4 is 21.4 Å². The van der Waals surface area contributed by atoms with Crippen molar-refractivity contribution in [3.05, 3.63) is 64.8 Å². The van der Waals surface area contributed by atoms with Crippen LogP contribution in [-0.4, -0.2) is 10.1 Å². The van der Waals surface area contributed by atoms with Crippen LogP contribution >= 0.6 is 11.3 Å². The van der Waals surface area contributed by atoms with E-state index in [-0.39, 0.29) is 5.69 Å². The van der Waals surface area contributed by atoms with Gasteiger partial charge in [0.15, 0.2) is 0 Å². The van der Waals surface area contributed by atoms with Crippen molar-refractivity contribution in [1.82, 2.24) is 4.98 Å². The van der Waals surface area contributed by atoms with Gasteiger partial charge in [-0.2, -0.15) is 13.2 Å². The monoisotopic (exact) mass is 309 g/mol. The first-order chi connectivity index (χ1) is 9.97. The molecule has 1 atom stereocenters. The summed E-state index contributed by atoms with van der Waals surface area (Å²) in [6.45, 7) is 0. The highest BCUT2D eigenvalue weighted by Gasteiger charge is 2.31. The topological polar surface area (TPSA) is 33.1 Å². The fourth-order valence-electron chi connectivity index (χ4n) is 2.13. The second-order valence-corrected chi connectivity index (χ2v) is 5.47. The first kappa shape index (κ1) is 14.0. The fraction of sp³-hybridized carbons (Fsp3) is 0.133. The van der Waals surface area contributed by atoms with Gasteiger partial charge in [0.2, 0.25) is 0 Å². The van der Waals surface area contributed by atoms with Crippen LogP contribution in [0.2, 0.25) is 0 Å². The lowest BCUT2D eigenvalue weighted by Gasteiger charge is -2.13. The number of thiophene rings is 1. The summed E-state index contributed by atoms with van der Waals surface area (Å²) in [5.74, 6) is 0. The van der Waals surface area contributed by atoms with Gasteiger partial charge in [0, 0.05) is 16.5 Å². The maximum atomic E-state index is 12.5. The highest BCUT2D eigenvalue weighted by atomic mass is 32.1. The maximum Gasteiger partial charge on any atom is 0.417 e. The number of benzene rings is 1. The zero-order valence-electron chi connectivity index (χ0n) is 10.6. The molecule has 0 radical (unpaired) electrons. The molecule has 2 heterocycles. The van der Waals surface area contributed by atoms with Crippen molar-refractivity contribution < 1.29 is 18.3 Å². The summed E-state index contributed by atoms with van der Waals surface area (Å²) < 4.78 is 38.4. The van der Waals surface area contributed by atoms with Gasteiger partial charge < -0.3 is 5.11 Å². The van der Waals surface area contributed by atoms with E-state index < -0.39 is 17.8 Å². The summed E-state index contributed by atoms with van der Waals surface area (Å²) in [5, 5.41) is 13.3. The van der Waals surface area contributed by atoms with Crippen LogP contribution in [0.25, 0.3) is 10.1 Å². The molecule has 1 N–H and O–H groups in total. The third-order valence-electron chi connectivity index (χ3n) is 3.20. The van der Waals surface area contributed by atoms with Crippen LogP contribution in [0.1, 0.15) is 22.9 Å². The van der Waals surface area contributed by atoms with Gasteiger partial charge in [0.25, 0.3) is 0 Å². The van der Waals surface area contributed by atoms with E-state index in [2.05, 4.69) is 4.98 Å². The Morgan fingerprint density at radius 3 is 2.57 bits per heavy atom. The number of rotatable bonds is 2. The van der Waals surface area contributed by atoms with Crippen molar-refractivity contribution in [2.24, 2.45) is 0 Å². The van der Waals surface area contributed by atoms with Gasteiger partial charge >= 0.3 is 6.18 Å². The lowest BCUT2D eigenvalue weighted by molar-refractivity contribution is -0.137. The van der Waals surface area contributed by atoms with Gasteiger partial charge in [0.05, 0.1) is 11.3 Å². The third-order valence-corrected chi connectivity index (χ3v) is 4.18. The highest BCUT2D eigenvalue weighted by Crippen LogP contribution is 2.33. The van der Waals surface area contributed by atoms with Crippen LogP contribution in [0, 0.1) is 0 Å². The second-order valence-electron chi connectivity index (χ2n) is 4.56. The van der Waals surface area contributed by atoms with Crippen LogP contribution in [0.3, 0.4) is 0 Å². The molecule has 3 rings (SSSR count). The molecule has 0 fully saturated rings. The van der Waals surface area contributed by atoms with E-state index in [1.54, 1.807) is 12.1 Å². The molecule has 0 saturated carbocycles. The number of aliphatic hydroxyl groups is 1. The number of aromatic nitrogens is 1. The van der Waals surface area contributed by atoms with Crippen LogP contribution in [0.5, 0.6) is 0 Å². The molecule has 0 aliphatic rings. The summed E-state index contributed by atoms with van der Waals surface area (Å²) >= 11 is 1.48. The quantitative estimate of drug-likeness (QED) is 0.761. The SMILES string of the molecule is OC(c1ccc(C(F)(F)F)cn1)c1cccc2ccsc12. The molecular weight excluding hydrogens is 299 g/mol. The Bertz CT molecular complexity index is 764. The van der Waals surface area contributed by atoms with Gasteiger partial charge in [-0.1, -0.05) is 18.2 Å². The third kappa shape index (κ3) is 2.64. The van der Waals surface area contributed by atoms with E-state index in [9.17, 15) is 18.3 Å². The van der Waals surface area contributed by atoms with Crippen molar-refractivity contribution in [3.8, 4) is 0 Å². The molecule has 0 saturated heterocycles. The van der Waals surface area contributed by atoms with E-state index >= 15 is 0 Å². The first-order valence-electron chi connectivity index (χ1n) is 6.14. The lowest BCUT2D eigenvalue weighted by atomic mass is 10.0. The van der Waals surface area contributed by atoms with Crippen LogP contribution in [0.4, 0.5) is 13.2 Å². The smallest absolute Gasteiger partial charge is 0.382 e. The second kappa shape index (κ2) is 5.13. The molecule has 0 spiro atoms. The van der Waals surface area contributed by atoms with Crippen molar-refractivity contribution in [2.75, 3.05) is 0 Å². The van der Waals surface area contributed by atoms with E-state index in [0.717, 1.165) is 22.3 Å². The van der Waals surface area contributed by atoms with Gasteiger partial charge in [0.1, 0.15) is 6.10 Å². The number of alkyl halides is 3. The molecule has 0 aliphatic carbocycles. The normalized spacial score (nSPS) is 13.5. The standard InChI is InChI=1S/C15H10F3NOS/c16-15(17,18)10-4-5-12(19-8-10)13(20)11-3-1-2-9-6-7-21-14(9)11/h1-8,13,20H. The molecule has 2 nitrogen and oxygen atoms in total. The minimum atomic E-state index is -4.43. The van der Waals surface area contributed by atoms with E-state index in [1.807, 2.05) is 17.5 Å². The number of fused-ring (bicyclic) bond motifs is 1. The molecule has 1 aromatic carbocycles. The average Bonchev–Trinajstić information content (AvgIpc) is 2.94. The van der Waals surface area contributed by atoms with E-state index in [4.69, 9.17) is 0 Å². The maximum absolute atomic E-state index is 12.5. The Morgan fingerprint density at radius 1 is 1.10 bits per heavy atom. The number of nitrogens with zero attached hydrogens (tertiary/aromatic N) is 1. The molecule has 0 aliphatic heterocycles. The Balaban J connectivity index is 1.98. The first-order valence-corrected chi connectivity index (χ1v) is 7.02. The molecule has 21 heavy (non-hydrogen) atoms. The van der Waals surface area contributed by atoms with Crippen LogP contribution < -0.4 is 0 Å². The Labute approximate surface area is 122 Å². The Kier molecular flexibility index (Phi) is 3.43. The van der Waals surface area contributed by atoms with Crippen molar-refractivity contribution in [1.29, 1.82) is 0 Å². The molecule has 108 valence electrons. The largest absolute Gasteiger partial charge is 0.417 e. The zero-order valence-corrected chi connectivity index (χ0v) is 11.4. The molecule has 2 aromatic heterocycles. The zero-order chi connectivity index (χ0) is 15.0. The van der Waals surface area contributed by atoms with Crippen molar-refractivity contribution in [2.45, 2.75) is 12.3 Å². The number of hydrogen-bond donors (Lipinski definition) is 1. The summed E-state index contributed by atoms with van der Waals surface area (Å²) in [7, 11) is 0. The minimum Gasteiger partial charge on any atom is -0.382 e. The predicted octanol–water partition coefficient (Wildman–Crippen LogP) is 4.40. The summed E-state index contributed by atoms with van der Waals surface area (Å²) in [4.78, 5) is 3.75. The average molecular weight is 309 g/mol.